The monoisotopic (exact) mass is 409 g/mol. The molecule has 0 unspecified atom stereocenters. The molecule has 0 bridgehead atoms. The Morgan fingerprint density at radius 3 is 2.52 bits per heavy atom. The van der Waals surface area contributed by atoms with E-state index >= 15 is 0 Å². The van der Waals surface area contributed by atoms with Gasteiger partial charge >= 0.3 is 0 Å². The zero-order chi connectivity index (χ0) is 20.8. The van der Waals surface area contributed by atoms with Gasteiger partial charge in [-0.05, 0) is 60.9 Å². The van der Waals surface area contributed by atoms with Gasteiger partial charge in [-0.3, -0.25) is 9.59 Å². The van der Waals surface area contributed by atoms with Crippen molar-refractivity contribution in [2.75, 3.05) is 12.9 Å². The smallest absolute Gasteiger partial charge is 0.271 e. The number of aryl methyl sites for hydroxylation is 2. The first kappa shape index (κ1) is 20.7. The summed E-state index contributed by atoms with van der Waals surface area (Å²) in [5.41, 5.74) is 3.74. The van der Waals surface area contributed by atoms with Gasteiger partial charge in [0.25, 0.3) is 5.56 Å². The molecule has 150 valence electrons. The number of benzene rings is 2. The average molecular weight is 410 g/mol. The molecular formula is C22H23N3O3S. The SMILES string of the molecule is COc1ccc(CNC(=O)CSc2ccc(=O)n(-c3ccc(C)c(C)c3)n2)cc1. The van der Waals surface area contributed by atoms with Crippen LogP contribution in [0.1, 0.15) is 16.7 Å². The first-order valence-electron chi connectivity index (χ1n) is 9.16. The molecule has 6 nitrogen and oxygen atoms in total. The van der Waals surface area contributed by atoms with Gasteiger partial charge in [0.2, 0.25) is 5.91 Å². The summed E-state index contributed by atoms with van der Waals surface area (Å²) >= 11 is 1.29. The van der Waals surface area contributed by atoms with E-state index in [4.69, 9.17) is 4.74 Å². The highest BCUT2D eigenvalue weighted by molar-refractivity contribution is 7.99. The van der Waals surface area contributed by atoms with Gasteiger partial charge in [0, 0.05) is 12.6 Å². The molecule has 1 amide bonds. The number of thioether (sulfide) groups is 1. The van der Waals surface area contributed by atoms with Gasteiger partial charge in [0.15, 0.2) is 0 Å². The quantitative estimate of drug-likeness (QED) is 0.607. The van der Waals surface area contributed by atoms with Crippen molar-refractivity contribution in [3.63, 3.8) is 0 Å². The highest BCUT2D eigenvalue weighted by Crippen LogP contribution is 2.16. The van der Waals surface area contributed by atoms with E-state index in [1.807, 2.05) is 56.3 Å². The van der Waals surface area contributed by atoms with E-state index in [0.717, 1.165) is 22.4 Å². The number of amides is 1. The van der Waals surface area contributed by atoms with Gasteiger partial charge in [-0.25, -0.2) is 0 Å². The third-order valence-electron chi connectivity index (χ3n) is 4.51. The maximum Gasteiger partial charge on any atom is 0.271 e. The van der Waals surface area contributed by atoms with Crippen molar-refractivity contribution in [3.05, 3.63) is 81.6 Å². The van der Waals surface area contributed by atoms with Crippen molar-refractivity contribution in [1.29, 1.82) is 0 Å². The molecule has 1 N–H and O–H groups in total. The lowest BCUT2D eigenvalue weighted by Crippen LogP contribution is -2.25. The van der Waals surface area contributed by atoms with E-state index in [-0.39, 0.29) is 17.2 Å². The van der Waals surface area contributed by atoms with Gasteiger partial charge in [0.05, 0.1) is 18.6 Å². The Bertz CT molecular complexity index is 1060. The highest BCUT2D eigenvalue weighted by Gasteiger charge is 2.08. The molecule has 0 radical (unpaired) electrons. The largest absolute Gasteiger partial charge is 0.497 e. The van der Waals surface area contributed by atoms with E-state index in [2.05, 4.69) is 10.4 Å². The second-order valence-electron chi connectivity index (χ2n) is 6.60. The second-order valence-corrected chi connectivity index (χ2v) is 7.60. The van der Waals surface area contributed by atoms with Crippen molar-refractivity contribution in [3.8, 4) is 11.4 Å². The zero-order valence-corrected chi connectivity index (χ0v) is 17.5. The number of hydrogen-bond acceptors (Lipinski definition) is 5. The molecule has 29 heavy (non-hydrogen) atoms. The average Bonchev–Trinajstić information content (AvgIpc) is 2.74. The molecule has 0 saturated carbocycles. The molecule has 0 saturated heterocycles. The molecule has 3 rings (SSSR count). The van der Waals surface area contributed by atoms with E-state index in [1.165, 1.54) is 22.5 Å². The predicted octanol–water partition coefficient (Wildman–Crippen LogP) is 3.27. The van der Waals surface area contributed by atoms with Crippen LogP contribution in [0.25, 0.3) is 5.69 Å². The molecular weight excluding hydrogens is 386 g/mol. The van der Waals surface area contributed by atoms with Gasteiger partial charge < -0.3 is 10.1 Å². The number of nitrogens with zero attached hydrogens (tertiary/aromatic N) is 2. The van der Waals surface area contributed by atoms with Crippen LogP contribution in [0.15, 0.2) is 64.4 Å². The molecule has 7 heteroatoms. The summed E-state index contributed by atoms with van der Waals surface area (Å²) in [6, 6.07) is 16.4. The van der Waals surface area contributed by atoms with E-state index in [9.17, 15) is 9.59 Å². The minimum atomic E-state index is -0.207. The first-order chi connectivity index (χ1) is 14.0. The summed E-state index contributed by atoms with van der Waals surface area (Å²) in [6.07, 6.45) is 0. The third kappa shape index (κ3) is 5.48. The summed E-state index contributed by atoms with van der Waals surface area (Å²) in [4.78, 5) is 24.4. The fourth-order valence-corrected chi connectivity index (χ4v) is 3.33. The minimum Gasteiger partial charge on any atom is -0.497 e. The summed E-state index contributed by atoms with van der Waals surface area (Å²) in [6.45, 7) is 4.46. The van der Waals surface area contributed by atoms with Crippen molar-refractivity contribution >= 4 is 17.7 Å². The molecule has 1 aromatic heterocycles. The Labute approximate surface area is 173 Å². The van der Waals surface area contributed by atoms with Crippen LogP contribution < -0.4 is 15.6 Å². The lowest BCUT2D eigenvalue weighted by Gasteiger charge is -2.09. The number of carbonyl (C=O) groups excluding carboxylic acids is 1. The Morgan fingerprint density at radius 2 is 1.83 bits per heavy atom. The van der Waals surface area contributed by atoms with E-state index in [0.29, 0.717) is 17.3 Å². The lowest BCUT2D eigenvalue weighted by atomic mass is 10.1. The molecule has 0 atom stereocenters. The Balaban J connectivity index is 1.60. The van der Waals surface area contributed by atoms with Crippen LogP contribution in [0, 0.1) is 13.8 Å². The number of hydrogen-bond donors (Lipinski definition) is 1. The lowest BCUT2D eigenvalue weighted by molar-refractivity contribution is -0.118. The summed E-state index contributed by atoms with van der Waals surface area (Å²) in [5, 5.41) is 7.89. The summed E-state index contributed by atoms with van der Waals surface area (Å²) in [7, 11) is 1.62. The van der Waals surface area contributed by atoms with Gasteiger partial charge in [-0.15, -0.1) is 0 Å². The van der Waals surface area contributed by atoms with E-state index in [1.54, 1.807) is 13.2 Å². The highest BCUT2D eigenvalue weighted by atomic mass is 32.2. The third-order valence-corrected chi connectivity index (χ3v) is 5.43. The van der Waals surface area contributed by atoms with Crippen molar-refractivity contribution < 1.29 is 9.53 Å². The van der Waals surface area contributed by atoms with Crippen LogP contribution >= 0.6 is 11.8 Å². The maximum atomic E-state index is 12.2. The van der Waals surface area contributed by atoms with Gasteiger partial charge in [-0.1, -0.05) is 30.0 Å². The zero-order valence-electron chi connectivity index (χ0n) is 16.6. The van der Waals surface area contributed by atoms with Crippen LogP contribution in [-0.4, -0.2) is 28.6 Å². The molecule has 0 spiro atoms. The first-order valence-corrected chi connectivity index (χ1v) is 10.2. The van der Waals surface area contributed by atoms with Crippen molar-refractivity contribution in [2.24, 2.45) is 0 Å². The number of aromatic nitrogens is 2. The summed E-state index contributed by atoms with van der Waals surface area (Å²) in [5.74, 6) is 0.894. The normalized spacial score (nSPS) is 10.6. The minimum absolute atomic E-state index is 0.100. The molecule has 3 aromatic rings. The van der Waals surface area contributed by atoms with Crippen LogP contribution in [0.2, 0.25) is 0 Å². The molecule has 2 aromatic carbocycles. The van der Waals surface area contributed by atoms with Crippen LogP contribution in [0.5, 0.6) is 5.75 Å². The van der Waals surface area contributed by atoms with E-state index < -0.39 is 0 Å². The predicted molar refractivity (Wildman–Crippen MR) is 115 cm³/mol. The van der Waals surface area contributed by atoms with Crippen LogP contribution in [0.3, 0.4) is 0 Å². The number of ether oxygens (including phenoxy) is 1. The van der Waals surface area contributed by atoms with Crippen molar-refractivity contribution in [2.45, 2.75) is 25.4 Å². The molecule has 0 aliphatic heterocycles. The number of carbonyl (C=O) groups is 1. The standard InChI is InChI=1S/C22H23N3O3S/c1-15-4-7-18(12-16(15)2)25-22(27)11-10-21(24-25)29-14-20(26)23-13-17-5-8-19(28-3)9-6-17/h4-12H,13-14H2,1-3H3,(H,23,26). The number of methoxy groups -OCH3 is 1. The number of rotatable bonds is 7. The Kier molecular flexibility index (Phi) is 6.72. The maximum absolute atomic E-state index is 12.2. The van der Waals surface area contributed by atoms with Gasteiger partial charge in [-0.2, -0.15) is 9.78 Å². The summed E-state index contributed by atoms with van der Waals surface area (Å²) < 4.78 is 6.49. The Morgan fingerprint density at radius 1 is 1.07 bits per heavy atom. The topological polar surface area (TPSA) is 73.2 Å². The molecule has 0 aliphatic rings. The fraction of sp³-hybridized carbons (Fsp3) is 0.227. The Hall–Kier alpha value is -3.06. The molecule has 0 aliphatic carbocycles. The fourth-order valence-electron chi connectivity index (χ4n) is 2.65. The number of nitrogens with one attached hydrogen (secondary N) is 1. The molecule has 0 fully saturated rings. The van der Waals surface area contributed by atoms with Crippen molar-refractivity contribution in [1.82, 2.24) is 15.1 Å². The van der Waals surface area contributed by atoms with Crippen LogP contribution in [-0.2, 0) is 11.3 Å². The van der Waals surface area contributed by atoms with Crippen LogP contribution in [0.4, 0.5) is 0 Å². The van der Waals surface area contributed by atoms with Gasteiger partial charge in [0.1, 0.15) is 10.8 Å². The molecule has 1 heterocycles. The second kappa shape index (κ2) is 9.43.